The summed E-state index contributed by atoms with van der Waals surface area (Å²) in [7, 11) is 0. The Morgan fingerprint density at radius 1 is 1.38 bits per heavy atom. The Kier molecular flexibility index (Phi) is 4.12. The van der Waals surface area contributed by atoms with Crippen LogP contribution in [0.4, 0.5) is 8.78 Å². The summed E-state index contributed by atoms with van der Waals surface area (Å²) in [5.41, 5.74) is 0.847. The van der Waals surface area contributed by atoms with E-state index >= 15 is 0 Å². The molecule has 0 aromatic heterocycles. The van der Waals surface area contributed by atoms with Crippen molar-refractivity contribution in [3.05, 3.63) is 34.6 Å². The van der Waals surface area contributed by atoms with Crippen molar-refractivity contribution < 1.29 is 8.78 Å². The molecule has 0 spiro atoms. The van der Waals surface area contributed by atoms with Crippen molar-refractivity contribution in [1.82, 2.24) is 5.32 Å². The molecule has 1 nitrogen and oxygen atoms in total. The number of benzene rings is 1. The number of alkyl halides is 1. The Hall–Kier alpha value is -0.670. The molecule has 0 bridgehead atoms. The zero-order valence-electron chi connectivity index (χ0n) is 6.99. The van der Waals surface area contributed by atoms with Gasteiger partial charge in [0.25, 0.3) is 0 Å². The summed E-state index contributed by atoms with van der Waals surface area (Å²) in [4.78, 5) is 0. The maximum absolute atomic E-state index is 12.7. The molecule has 1 N–H and O–H groups in total. The third-order valence-electron chi connectivity index (χ3n) is 1.58. The molecule has 1 aromatic carbocycles. The van der Waals surface area contributed by atoms with Crippen LogP contribution in [0.15, 0.2) is 18.2 Å². The van der Waals surface area contributed by atoms with E-state index in [2.05, 4.69) is 5.32 Å². The van der Waals surface area contributed by atoms with Crippen LogP contribution < -0.4 is 5.32 Å². The van der Waals surface area contributed by atoms with Crippen molar-refractivity contribution >= 4 is 11.6 Å². The van der Waals surface area contributed by atoms with Crippen molar-refractivity contribution in [1.29, 1.82) is 0 Å². The number of halogens is 3. The van der Waals surface area contributed by atoms with E-state index in [0.29, 0.717) is 13.1 Å². The van der Waals surface area contributed by atoms with Crippen LogP contribution in [0.1, 0.15) is 5.56 Å². The van der Waals surface area contributed by atoms with Crippen molar-refractivity contribution in [2.45, 2.75) is 6.54 Å². The Morgan fingerprint density at radius 3 is 2.77 bits per heavy atom. The maximum Gasteiger partial charge on any atom is 0.141 e. The number of rotatable bonds is 4. The second kappa shape index (κ2) is 5.14. The molecule has 0 saturated carbocycles. The quantitative estimate of drug-likeness (QED) is 0.745. The van der Waals surface area contributed by atoms with Gasteiger partial charge in [-0.15, -0.1) is 0 Å². The summed E-state index contributed by atoms with van der Waals surface area (Å²) in [6.07, 6.45) is 0. The van der Waals surface area contributed by atoms with Gasteiger partial charge in [-0.3, -0.25) is 0 Å². The van der Waals surface area contributed by atoms with Gasteiger partial charge in [-0.1, -0.05) is 17.7 Å². The van der Waals surface area contributed by atoms with E-state index in [1.165, 1.54) is 12.1 Å². The average Bonchev–Trinajstić information content (AvgIpc) is 2.12. The van der Waals surface area contributed by atoms with Crippen LogP contribution in [0, 0.1) is 5.82 Å². The van der Waals surface area contributed by atoms with Gasteiger partial charge in [0.1, 0.15) is 12.5 Å². The van der Waals surface area contributed by atoms with Crippen molar-refractivity contribution in [2.24, 2.45) is 0 Å². The van der Waals surface area contributed by atoms with Gasteiger partial charge in [0.2, 0.25) is 0 Å². The molecule has 4 heteroatoms. The molecule has 0 radical (unpaired) electrons. The van der Waals surface area contributed by atoms with E-state index in [4.69, 9.17) is 11.6 Å². The van der Waals surface area contributed by atoms with E-state index in [9.17, 15) is 8.78 Å². The summed E-state index contributed by atoms with van der Waals surface area (Å²) >= 11 is 5.55. The summed E-state index contributed by atoms with van der Waals surface area (Å²) in [6.45, 7) is 0.397. The molecule has 0 heterocycles. The minimum Gasteiger partial charge on any atom is -0.310 e. The fraction of sp³-hybridized carbons (Fsp3) is 0.333. The minimum atomic E-state index is -0.434. The van der Waals surface area contributed by atoms with Crippen molar-refractivity contribution in [2.75, 3.05) is 13.2 Å². The van der Waals surface area contributed by atoms with Crippen LogP contribution >= 0.6 is 11.6 Å². The average molecular weight is 206 g/mol. The lowest BCUT2D eigenvalue weighted by Crippen LogP contribution is -2.15. The first kappa shape index (κ1) is 10.4. The van der Waals surface area contributed by atoms with Crippen LogP contribution in [0.25, 0.3) is 0 Å². The lowest BCUT2D eigenvalue weighted by atomic mass is 10.2. The molecule has 1 aromatic rings. The van der Waals surface area contributed by atoms with Crippen LogP contribution in [-0.4, -0.2) is 13.2 Å². The van der Waals surface area contributed by atoms with Crippen LogP contribution in [0.2, 0.25) is 5.02 Å². The van der Waals surface area contributed by atoms with Gasteiger partial charge in [0.05, 0.1) is 5.02 Å². The number of nitrogens with one attached hydrogen (secondary N) is 1. The molecule has 0 unspecified atom stereocenters. The van der Waals surface area contributed by atoms with Gasteiger partial charge >= 0.3 is 0 Å². The fourth-order valence-corrected chi connectivity index (χ4v) is 1.15. The Labute approximate surface area is 80.7 Å². The number of hydrogen-bond donors (Lipinski definition) is 1. The third kappa shape index (κ3) is 3.28. The highest BCUT2D eigenvalue weighted by Gasteiger charge is 1.99. The standard InChI is InChI=1S/C9H10ClF2N/c10-8-5-7(1-2-9(8)12)6-13-4-3-11/h1-2,5,13H,3-4,6H2. The summed E-state index contributed by atoms with van der Waals surface area (Å²) < 4.78 is 24.4. The first-order chi connectivity index (χ1) is 6.24. The zero-order valence-corrected chi connectivity index (χ0v) is 7.74. The molecule has 0 atom stereocenters. The maximum atomic E-state index is 12.7. The van der Waals surface area contributed by atoms with E-state index in [-0.39, 0.29) is 5.02 Å². The highest BCUT2D eigenvalue weighted by Crippen LogP contribution is 2.15. The highest BCUT2D eigenvalue weighted by atomic mass is 35.5. The molecular formula is C9H10ClF2N. The smallest absolute Gasteiger partial charge is 0.141 e. The zero-order chi connectivity index (χ0) is 9.68. The second-order valence-electron chi connectivity index (χ2n) is 2.61. The van der Waals surface area contributed by atoms with E-state index in [1.54, 1.807) is 6.07 Å². The first-order valence-corrected chi connectivity index (χ1v) is 4.32. The Morgan fingerprint density at radius 2 is 2.15 bits per heavy atom. The molecule has 0 saturated heterocycles. The van der Waals surface area contributed by atoms with Crippen molar-refractivity contribution in [3.63, 3.8) is 0 Å². The molecule has 0 fully saturated rings. The molecular weight excluding hydrogens is 196 g/mol. The van der Waals surface area contributed by atoms with Gasteiger partial charge in [0, 0.05) is 13.1 Å². The number of hydrogen-bond acceptors (Lipinski definition) is 1. The Balaban J connectivity index is 2.53. The molecule has 13 heavy (non-hydrogen) atoms. The Bertz CT molecular complexity index is 278. The third-order valence-corrected chi connectivity index (χ3v) is 1.87. The largest absolute Gasteiger partial charge is 0.310 e. The fourth-order valence-electron chi connectivity index (χ4n) is 0.949. The second-order valence-corrected chi connectivity index (χ2v) is 3.02. The predicted molar refractivity (Wildman–Crippen MR) is 49.1 cm³/mol. The van der Waals surface area contributed by atoms with Crippen molar-refractivity contribution in [3.8, 4) is 0 Å². The summed E-state index contributed by atoms with van der Waals surface area (Å²) in [6, 6.07) is 4.45. The van der Waals surface area contributed by atoms with Gasteiger partial charge in [-0.2, -0.15) is 0 Å². The van der Waals surface area contributed by atoms with Gasteiger partial charge < -0.3 is 5.32 Å². The topological polar surface area (TPSA) is 12.0 Å². The van der Waals surface area contributed by atoms with Crippen LogP contribution in [0.5, 0.6) is 0 Å². The van der Waals surface area contributed by atoms with Gasteiger partial charge in [0.15, 0.2) is 0 Å². The van der Waals surface area contributed by atoms with Crippen LogP contribution in [-0.2, 0) is 6.54 Å². The van der Waals surface area contributed by atoms with Gasteiger partial charge in [-0.05, 0) is 17.7 Å². The van der Waals surface area contributed by atoms with E-state index in [0.717, 1.165) is 5.56 Å². The molecule has 1 rings (SSSR count). The SMILES string of the molecule is FCCNCc1ccc(F)c(Cl)c1. The predicted octanol–water partition coefficient (Wildman–Crippen LogP) is 2.54. The molecule has 0 aliphatic heterocycles. The molecule has 72 valence electrons. The monoisotopic (exact) mass is 205 g/mol. The molecule has 0 amide bonds. The minimum absolute atomic E-state index is 0.0968. The lowest BCUT2D eigenvalue weighted by molar-refractivity contribution is 0.466. The normalized spacial score (nSPS) is 10.4. The summed E-state index contributed by atoms with van der Waals surface area (Å²) in [5, 5.41) is 2.94. The van der Waals surface area contributed by atoms with E-state index < -0.39 is 12.5 Å². The van der Waals surface area contributed by atoms with Gasteiger partial charge in [-0.25, -0.2) is 8.78 Å². The van der Waals surface area contributed by atoms with Crippen LogP contribution in [0.3, 0.4) is 0 Å². The summed E-state index contributed by atoms with van der Waals surface area (Å²) in [5.74, 6) is -0.434. The lowest BCUT2D eigenvalue weighted by Gasteiger charge is -2.03. The molecule has 0 aliphatic rings. The van der Waals surface area contributed by atoms with E-state index in [1.807, 2.05) is 0 Å². The molecule has 0 aliphatic carbocycles. The first-order valence-electron chi connectivity index (χ1n) is 3.94. The highest BCUT2D eigenvalue weighted by molar-refractivity contribution is 6.30.